The molecule has 0 bridgehead atoms. The van der Waals surface area contributed by atoms with Gasteiger partial charge in [0.2, 0.25) is 0 Å². The van der Waals surface area contributed by atoms with E-state index in [1.807, 2.05) is 13.8 Å². The summed E-state index contributed by atoms with van der Waals surface area (Å²) >= 11 is 0. The van der Waals surface area contributed by atoms with Crippen molar-refractivity contribution in [2.24, 2.45) is 5.41 Å². The summed E-state index contributed by atoms with van der Waals surface area (Å²) in [6.45, 7) is 3.99. The molecule has 0 radical (unpaired) electrons. The minimum Gasteiger partial charge on any atom is -0.356 e. The molecule has 0 N–H and O–H groups in total. The van der Waals surface area contributed by atoms with Crippen molar-refractivity contribution in [3.63, 3.8) is 0 Å². The highest BCUT2D eigenvalue weighted by Gasteiger charge is 2.33. The van der Waals surface area contributed by atoms with Gasteiger partial charge in [-0.2, -0.15) is 0 Å². The molecule has 122 valence electrons. The van der Waals surface area contributed by atoms with Crippen molar-refractivity contribution >= 4 is 5.78 Å². The summed E-state index contributed by atoms with van der Waals surface area (Å²) in [5, 5.41) is 0. The Kier molecular flexibility index (Phi) is 5.76. The lowest BCUT2D eigenvalue weighted by Gasteiger charge is -2.31. The quantitative estimate of drug-likeness (QED) is 0.711. The third-order valence-corrected chi connectivity index (χ3v) is 4.88. The molecule has 2 rings (SSSR count). The van der Waals surface area contributed by atoms with E-state index in [-0.39, 0.29) is 6.29 Å². The van der Waals surface area contributed by atoms with E-state index < -0.39 is 5.41 Å². The maximum Gasteiger partial charge on any atom is 0.157 e. The Morgan fingerprint density at radius 1 is 1.27 bits per heavy atom. The number of carbonyl (C=O) groups is 1. The van der Waals surface area contributed by atoms with E-state index in [0.29, 0.717) is 24.5 Å². The number of aryl methyl sites for hydroxylation is 1. The second kappa shape index (κ2) is 7.38. The number of hydrogen-bond donors (Lipinski definition) is 0. The van der Waals surface area contributed by atoms with Crippen LogP contribution in [-0.2, 0) is 20.7 Å². The lowest BCUT2D eigenvalue weighted by Crippen LogP contribution is -2.32. The van der Waals surface area contributed by atoms with E-state index in [0.717, 1.165) is 12.8 Å². The first-order valence-corrected chi connectivity index (χ1v) is 8.14. The van der Waals surface area contributed by atoms with Gasteiger partial charge in [0, 0.05) is 32.5 Å². The Balaban J connectivity index is 2.06. The van der Waals surface area contributed by atoms with Crippen LogP contribution in [0.5, 0.6) is 0 Å². The number of fused-ring (bicyclic) bond motifs is 1. The Morgan fingerprint density at radius 2 is 1.95 bits per heavy atom. The molecule has 0 spiro atoms. The predicted octanol–water partition coefficient (Wildman–Crippen LogP) is 4.10. The van der Waals surface area contributed by atoms with Crippen LogP contribution >= 0.6 is 0 Å². The van der Waals surface area contributed by atoms with Crippen LogP contribution < -0.4 is 0 Å². The zero-order chi connectivity index (χ0) is 16.2. The Morgan fingerprint density at radius 3 is 2.64 bits per heavy atom. The fourth-order valence-electron chi connectivity index (χ4n) is 3.36. The molecule has 0 aliphatic heterocycles. The number of Topliss-reactive ketones (excluding diaryl/α,β-unsaturated/α-hetero) is 1. The minimum atomic E-state index is -0.428. The van der Waals surface area contributed by atoms with Gasteiger partial charge in [-0.15, -0.1) is 0 Å². The van der Waals surface area contributed by atoms with Crippen LogP contribution in [0.15, 0.2) is 24.3 Å². The first kappa shape index (κ1) is 17.2. The van der Waals surface area contributed by atoms with Crippen LogP contribution in [-0.4, -0.2) is 26.3 Å². The highest BCUT2D eigenvalue weighted by molar-refractivity contribution is 5.84. The van der Waals surface area contributed by atoms with Crippen LogP contribution in [0.2, 0.25) is 0 Å². The van der Waals surface area contributed by atoms with Crippen LogP contribution in [0.3, 0.4) is 0 Å². The van der Waals surface area contributed by atoms with Crippen molar-refractivity contribution in [1.29, 1.82) is 0 Å². The number of hydrogen-bond acceptors (Lipinski definition) is 3. The fourth-order valence-corrected chi connectivity index (χ4v) is 3.36. The highest BCUT2D eigenvalue weighted by Crippen LogP contribution is 2.37. The first-order chi connectivity index (χ1) is 10.5. The average Bonchev–Trinajstić information content (AvgIpc) is 2.53. The minimum absolute atomic E-state index is 0.299. The lowest BCUT2D eigenvalue weighted by molar-refractivity contribution is -0.144. The van der Waals surface area contributed by atoms with Crippen LogP contribution in [0.1, 0.15) is 56.6 Å². The van der Waals surface area contributed by atoms with Crippen molar-refractivity contribution in [1.82, 2.24) is 0 Å². The summed E-state index contributed by atoms with van der Waals surface area (Å²) in [6.07, 6.45) is 4.31. The Labute approximate surface area is 134 Å². The summed E-state index contributed by atoms with van der Waals surface area (Å²) in [7, 11) is 3.23. The number of carbonyl (C=O) groups excluding carboxylic acids is 1. The van der Waals surface area contributed by atoms with Crippen LogP contribution in [0.4, 0.5) is 0 Å². The van der Waals surface area contributed by atoms with E-state index in [9.17, 15) is 4.79 Å². The molecule has 0 aromatic heterocycles. The number of ketones is 1. The summed E-state index contributed by atoms with van der Waals surface area (Å²) in [5.74, 6) is 0.661. The van der Waals surface area contributed by atoms with Gasteiger partial charge >= 0.3 is 0 Å². The van der Waals surface area contributed by atoms with Gasteiger partial charge in [0.25, 0.3) is 0 Å². The molecule has 0 saturated heterocycles. The molecule has 3 nitrogen and oxygen atoms in total. The molecule has 1 atom stereocenters. The van der Waals surface area contributed by atoms with Gasteiger partial charge in [0.05, 0.1) is 0 Å². The van der Waals surface area contributed by atoms with Crippen molar-refractivity contribution in [2.75, 3.05) is 14.2 Å². The molecule has 0 amide bonds. The molecule has 22 heavy (non-hydrogen) atoms. The molecular weight excluding hydrogens is 276 g/mol. The molecule has 1 aromatic rings. The van der Waals surface area contributed by atoms with Crippen molar-refractivity contribution < 1.29 is 14.3 Å². The molecule has 1 aromatic carbocycles. The fraction of sp³-hybridized carbons (Fsp3) is 0.632. The number of benzene rings is 1. The molecule has 0 unspecified atom stereocenters. The van der Waals surface area contributed by atoms with Gasteiger partial charge in [-0.1, -0.05) is 38.1 Å². The van der Waals surface area contributed by atoms with Gasteiger partial charge in [-0.05, 0) is 36.3 Å². The highest BCUT2D eigenvalue weighted by atomic mass is 16.7. The first-order valence-electron chi connectivity index (χ1n) is 8.14. The van der Waals surface area contributed by atoms with Gasteiger partial charge in [0.15, 0.2) is 6.29 Å². The number of methoxy groups -OCH3 is 2. The van der Waals surface area contributed by atoms with Gasteiger partial charge in [0.1, 0.15) is 5.78 Å². The number of rotatable bonds is 7. The van der Waals surface area contributed by atoms with Crippen molar-refractivity contribution in [3.05, 3.63) is 35.4 Å². The third kappa shape index (κ3) is 3.96. The monoisotopic (exact) mass is 304 g/mol. The second-order valence-electron chi connectivity index (χ2n) is 6.90. The molecule has 0 fully saturated rings. The molecule has 0 heterocycles. The topological polar surface area (TPSA) is 35.5 Å². The summed E-state index contributed by atoms with van der Waals surface area (Å²) in [6, 6.07) is 8.56. The summed E-state index contributed by atoms with van der Waals surface area (Å²) in [4.78, 5) is 12.8. The maximum atomic E-state index is 12.8. The van der Waals surface area contributed by atoms with Crippen molar-refractivity contribution in [3.8, 4) is 0 Å². The van der Waals surface area contributed by atoms with Gasteiger partial charge in [-0.25, -0.2) is 0 Å². The lowest BCUT2D eigenvalue weighted by atomic mass is 9.75. The van der Waals surface area contributed by atoms with E-state index in [2.05, 4.69) is 24.3 Å². The standard InChI is InChI=1S/C19H28O3/c1-19(2,13-18(21-3)22-4)17(20)12-15-10-7-9-14-8-5-6-11-16(14)15/h5-6,8,11,15,18H,7,9-10,12-13H2,1-4H3/t15-/m0/s1. The van der Waals surface area contributed by atoms with E-state index in [1.165, 1.54) is 17.5 Å². The van der Waals surface area contributed by atoms with Crippen molar-refractivity contribution in [2.45, 2.75) is 58.2 Å². The smallest absolute Gasteiger partial charge is 0.157 e. The Bertz CT molecular complexity index is 503. The molecule has 1 aliphatic carbocycles. The van der Waals surface area contributed by atoms with Gasteiger partial charge < -0.3 is 9.47 Å². The van der Waals surface area contributed by atoms with E-state index in [4.69, 9.17) is 9.47 Å². The third-order valence-electron chi connectivity index (χ3n) is 4.88. The number of ether oxygens (including phenoxy) is 2. The predicted molar refractivity (Wildman–Crippen MR) is 87.9 cm³/mol. The zero-order valence-corrected chi connectivity index (χ0v) is 14.2. The van der Waals surface area contributed by atoms with E-state index in [1.54, 1.807) is 14.2 Å². The van der Waals surface area contributed by atoms with Gasteiger partial charge in [-0.3, -0.25) is 4.79 Å². The Hall–Kier alpha value is -1.19. The van der Waals surface area contributed by atoms with E-state index >= 15 is 0 Å². The SMILES string of the molecule is COC(CC(C)(C)C(=O)C[C@@H]1CCCc2ccccc21)OC. The second-order valence-corrected chi connectivity index (χ2v) is 6.90. The normalized spacial score (nSPS) is 18.3. The molecule has 3 heteroatoms. The molecule has 0 saturated carbocycles. The molecule has 1 aliphatic rings. The summed E-state index contributed by atoms with van der Waals surface area (Å²) < 4.78 is 10.5. The maximum absolute atomic E-state index is 12.8. The average molecular weight is 304 g/mol. The van der Waals surface area contributed by atoms with Crippen LogP contribution in [0, 0.1) is 5.41 Å². The molecular formula is C19H28O3. The van der Waals surface area contributed by atoms with Crippen LogP contribution in [0.25, 0.3) is 0 Å². The zero-order valence-electron chi connectivity index (χ0n) is 14.2. The summed E-state index contributed by atoms with van der Waals surface area (Å²) in [5.41, 5.74) is 2.35. The largest absolute Gasteiger partial charge is 0.356 e.